The Morgan fingerprint density at radius 1 is 1.50 bits per heavy atom. The molecule has 1 atom stereocenters. The Bertz CT molecular complexity index is 277. The smallest absolute Gasteiger partial charge is 0.120 e. The number of pyridine rings is 1. The summed E-state index contributed by atoms with van der Waals surface area (Å²) in [6, 6.07) is 1.77. The van der Waals surface area contributed by atoms with Crippen LogP contribution in [0.3, 0.4) is 0 Å². The maximum atomic E-state index is 5.71. The van der Waals surface area contributed by atoms with E-state index in [1.54, 1.807) is 6.20 Å². The van der Waals surface area contributed by atoms with Crippen LogP contribution in [-0.2, 0) is 0 Å². The Morgan fingerprint density at radius 3 is 2.67 bits per heavy atom. The molecule has 0 aliphatic rings. The average Bonchev–Trinajstić information content (AvgIpc) is 2.08. The molecule has 0 aliphatic heterocycles. The van der Waals surface area contributed by atoms with Gasteiger partial charge in [0.05, 0.1) is 4.47 Å². The number of nitrogens with zero attached hydrogens (tertiary/aromatic N) is 1. The first-order chi connectivity index (χ1) is 5.65. The van der Waals surface area contributed by atoms with Crippen molar-refractivity contribution in [1.82, 2.24) is 4.98 Å². The van der Waals surface area contributed by atoms with Crippen molar-refractivity contribution in [3.05, 3.63) is 26.9 Å². The lowest BCUT2D eigenvalue weighted by Gasteiger charge is -2.08. The van der Waals surface area contributed by atoms with Crippen molar-refractivity contribution in [2.45, 2.75) is 6.04 Å². The molecule has 1 heterocycles. The van der Waals surface area contributed by atoms with Crippen LogP contribution >= 0.6 is 31.9 Å². The third-order valence-corrected chi connectivity index (χ3v) is 3.27. The zero-order valence-electron chi connectivity index (χ0n) is 6.30. The van der Waals surface area contributed by atoms with Crippen LogP contribution in [0, 0.1) is 0 Å². The number of nitrogens with two attached hydrogens (primary N) is 2. The van der Waals surface area contributed by atoms with E-state index in [1.165, 1.54) is 0 Å². The zero-order valence-corrected chi connectivity index (χ0v) is 9.47. The molecule has 1 aromatic rings. The standard InChI is InChI=1S/C7H9Br2N3/c8-5-1-4(6(11)2-10)3-12-7(5)9/h1,3,6H,2,10-11H2/t6-/m0/s1. The molecule has 0 amide bonds. The maximum Gasteiger partial charge on any atom is 0.120 e. The Kier molecular flexibility index (Phi) is 3.64. The minimum Gasteiger partial charge on any atom is -0.329 e. The van der Waals surface area contributed by atoms with E-state index in [4.69, 9.17) is 11.5 Å². The predicted octanol–water partition coefficient (Wildman–Crippen LogP) is 1.57. The van der Waals surface area contributed by atoms with Gasteiger partial charge >= 0.3 is 0 Å². The fourth-order valence-electron chi connectivity index (χ4n) is 0.775. The molecule has 0 aromatic carbocycles. The van der Waals surface area contributed by atoms with Crippen LogP contribution in [0.4, 0.5) is 0 Å². The van der Waals surface area contributed by atoms with Gasteiger partial charge in [0.1, 0.15) is 4.60 Å². The van der Waals surface area contributed by atoms with E-state index in [0.29, 0.717) is 6.54 Å². The lowest BCUT2D eigenvalue weighted by Crippen LogP contribution is -2.20. The van der Waals surface area contributed by atoms with E-state index in [2.05, 4.69) is 36.8 Å². The first kappa shape index (κ1) is 10.1. The molecule has 0 spiro atoms. The fraction of sp³-hybridized carbons (Fsp3) is 0.286. The largest absolute Gasteiger partial charge is 0.329 e. The second-order valence-electron chi connectivity index (χ2n) is 2.38. The summed E-state index contributed by atoms with van der Waals surface area (Å²) in [5, 5.41) is 0. The molecular weight excluding hydrogens is 286 g/mol. The van der Waals surface area contributed by atoms with Crippen LogP contribution in [-0.4, -0.2) is 11.5 Å². The summed E-state index contributed by atoms with van der Waals surface area (Å²) in [6.45, 7) is 0.426. The van der Waals surface area contributed by atoms with Gasteiger partial charge < -0.3 is 11.5 Å². The molecule has 0 aliphatic carbocycles. The Morgan fingerprint density at radius 2 is 2.17 bits per heavy atom. The number of hydrogen-bond donors (Lipinski definition) is 2. The van der Waals surface area contributed by atoms with E-state index in [1.807, 2.05) is 6.07 Å². The SMILES string of the molecule is NC[C@H](N)c1cnc(Br)c(Br)c1. The third-order valence-electron chi connectivity index (χ3n) is 1.50. The molecule has 3 nitrogen and oxygen atoms in total. The van der Waals surface area contributed by atoms with E-state index in [-0.39, 0.29) is 6.04 Å². The molecular formula is C7H9Br2N3. The normalized spacial score (nSPS) is 13.0. The maximum absolute atomic E-state index is 5.71. The molecule has 66 valence electrons. The van der Waals surface area contributed by atoms with Gasteiger partial charge in [0.15, 0.2) is 0 Å². The van der Waals surface area contributed by atoms with Gasteiger partial charge in [-0.15, -0.1) is 0 Å². The fourth-order valence-corrected chi connectivity index (χ4v) is 1.36. The molecule has 0 saturated carbocycles. The minimum atomic E-state index is -0.137. The van der Waals surface area contributed by atoms with E-state index >= 15 is 0 Å². The highest BCUT2D eigenvalue weighted by atomic mass is 79.9. The van der Waals surface area contributed by atoms with E-state index < -0.39 is 0 Å². The van der Waals surface area contributed by atoms with Gasteiger partial charge in [-0.3, -0.25) is 0 Å². The Labute approximate surface area is 87.8 Å². The highest BCUT2D eigenvalue weighted by molar-refractivity contribution is 9.13. The monoisotopic (exact) mass is 293 g/mol. The molecule has 0 bridgehead atoms. The minimum absolute atomic E-state index is 0.137. The van der Waals surface area contributed by atoms with Crippen molar-refractivity contribution in [1.29, 1.82) is 0 Å². The van der Waals surface area contributed by atoms with Crippen molar-refractivity contribution in [2.24, 2.45) is 11.5 Å². The molecule has 12 heavy (non-hydrogen) atoms. The van der Waals surface area contributed by atoms with E-state index in [0.717, 1.165) is 14.6 Å². The second-order valence-corrected chi connectivity index (χ2v) is 3.99. The van der Waals surface area contributed by atoms with Gasteiger partial charge in [-0.1, -0.05) is 0 Å². The molecule has 1 rings (SSSR count). The Balaban J connectivity index is 2.96. The number of hydrogen-bond acceptors (Lipinski definition) is 3. The highest BCUT2D eigenvalue weighted by Crippen LogP contribution is 2.22. The van der Waals surface area contributed by atoms with Gasteiger partial charge in [-0.2, -0.15) is 0 Å². The van der Waals surface area contributed by atoms with Gasteiger partial charge in [-0.05, 0) is 43.5 Å². The summed E-state index contributed by atoms with van der Waals surface area (Å²) in [6.07, 6.45) is 1.71. The molecule has 0 fully saturated rings. The number of rotatable bonds is 2. The lowest BCUT2D eigenvalue weighted by atomic mass is 10.1. The van der Waals surface area contributed by atoms with Crippen molar-refractivity contribution < 1.29 is 0 Å². The summed E-state index contributed by atoms with van der Waals surface area (Å²) >= 11 is 6.61. The average molecular weight is 295 g/mol. The van der Waals surface area contributed by atoms with Crippen molar-refractivity contribution in [2.75, 3.05) is 6.54 Å². The van der Waals surface area contributed by atoms with Gasteiger partial charge in [0.25, 0.3) is 0 Å². The molecule has 4 N–H and O–H groups in total. The van der Waals surface area contributed by atoms with Gasteiger partial charge in [0, 0.05) is 18.8 Å². The van der Waals surface area contributed by atoms with Gasteiger partial charge in [-0.25, -0.2) is 4.98 Å². The lowest BCUT2D eigenvalue weighted by molar-refractivity contribution is 0.731. The summed E-state index contributed by atoms with van der Waals surface area (Å²) in [5.41, 5.74) is 12.1. The Hall–Kier alpha value is 0.0300. The predicted molar refractivity (Wildman–Crippen MR) is 55.6 cm³/mol. The van der Waals surface area contributed by atoms with Crippen LogP contribution in [0.25, 0.3) is 0 Å². The molecule has 5 heteroatoms. The molecule has 0 saturated heterocycles. The summed E-state index contributed by atoms with van der Waals surface area (Å²) in [5.74, 6) is 0. The van der Waals surface area contributed by atoms with Crippen LogP contribution < -0.4 is 11.5 Å². The van der Waals surface area contributed by atoms with Crippen molar-refractivity contribution in [3.63, 3.8) is 0 Å². The molecule has 0 radical (unpaired) electrons. The third kappa shape index (κ3) is 2.26. The first-order valence-corrected chi connectivity index (χ1v) is 5.00. The zero-order chi connectivity index (χ0) is 9.14. The quantitative estimate of drug-likeness (QED) is 0.814. The molecule has 0 unspecified atom stereocenters. The topological polar surface area (TPSA) is 64.9 Å². The van der Waals surface area contributed by atoms with Crippen molar-refractivity contribution in [3.8, 4) is 0 Å². The van der Waals surface area contributed by atoms with Crippen LogP contribution in [0.1, 0.15) is 11.6 Å². The first-order valence-electron chi connectivity index (χ1n) is 3.41. The van der Waals surface area contributed by atoms with Crippen LogP contribution in [0.15, 0.2) is 21.3 Å². The van der Waals surface area contributed by atoms with Crippen molar-refractivity contribution >= 4 is 31.9 Å². The van der Waals surface area contributed by atoms with Gasteiger partial charge in [0.2, 0.25) is 0 Å². The number of aromatic nitrogens is 1. The molecule has 1 aromatic heterocycles. The summed E-state index contributed by atoms with van der Waals surface area (Å²) in [7, 11) is 0. The highest BCUT2D eigenvalue weighted by Gasteiger charge is 2.05. The summed E-state index contributed by atoms with van der Waals surface area (Å²) in [4.78, 5) is 4.08. The number of halogens is 2. The summed E-state index contributed by atoms with van der Waals surface area (Å²) < 4.78 is 1.67. The second kappa shape index (κ2) is 4.32. The van der Waals surface area contributed by atoms with Crippen LogP contribution in [0.2, 0.25) is 0 Å². The van der Waals surface area contributed by atoms with E-state index in [9.17, 15) is 0 Å². The van der Waals surface area contributed by atoms with Crippen LogP contribution in [0.5, 0.6) is 0 Å².